The monoisotopic (exact) mass is 333 g/mol. The Morgan fingerprint density at radius 3 is 2.85 bits per heavy atom. The van der Waals surface area contributed by atoms with Crippen molar-refractivity contribution in [2.24, 2.45) is 0 Å². The summed E-state index contributed by atoms with van der Waals surface area (Å²) in [7, 11) is 0. The van der Waals surface area contributed by atoms with Crippen molar-refractivity contribution >= 4 is 32.5 Å². The van der Waals surface area contributed by atoms with Gasteiger partial charge in [-0.2, -0.15) is 0 Å². The molecule has 1 atom stereocenters. The molecule has 20 heavy (non-hydrogen) atoms. The molecule has 0 aliphatic carbocycles. The van der Waals surface area contributed by atoms with Crippen molar-refractivity contribution in [3.63, 3.8) is 0 Å². The number of likely N-dealkylation sites (tertiary alicyclic amines) is 1. The summed E-state index contributed by atoms with van der Waals surface area (Å²) in [5, 5.41) is 5.95. The number of fused-ring (bicyclic) bond motifs is 1. The minimum absolute atomic E-state index is 0.408. The van der Waals surface area contributed by atoms with Crippen LogP contribution in [0.1, 0.15) is 19.8 Å². The van der Waals surface area contributed by atoms with E-state index in [2.05, 4.69) is 62.3 Å². The maximum absolute atomic E-state index is 4.51. The van der Waals surface area contributed by atoms with E-state index < -0.39 is 0 Å². The molecule has 1 aromatic carbocycles. The minimum Gasteiger partial charge on any atom is -0.366 e. The van der Waals surface area contributed by atoms with E-state index in [4.69, 9.17) is 0 Å². The van der Waals surface area contributed by atoms with Crippen molar-refractivity contribution in [3.8, 4) is 0 Å². The normalized spacial score (nSPS) is 17.5. The second kappa shape index (κ2) is 6.10. The highest BCUT2D eigenvalue weighted by Gasteiger charge is 2.15. The van der Waals surface area contributed by atoms with E-state index >= 15 is 0 Å². The third-order valence-corrected chi connectivity index (χ3v) is 4.56. The molecule has 1 aliphatic heterocycles. The molecule has 106 valence electrons. The van der Waals surface area contributed by atoms with Crippen LogP contribution < -0.4 is 5.32 Å². The third-order valence-electron chi connectivity index (χ3n) is 3.87. The molecule has 2 heterocycles. The van der Waals surface area contributed by atoms with Crippen molar-refractivity contribution in [3.05, 3.63) is 34.9 Å². The van der Waals surface area contributed by atoms with Gasteiger partial charge in [-0.15, -0.1) is 0 Å². The Balaban J connectivity index is 1.78. The lowest BCUT2D eigenvalue weighted by Gasteiger charge is -2.22. The number of halogens is 1. The zero-order chi connectivity index (χ0) is 13.9. The van der Waals surface area contributed by atoms with Crippen LogP contribution in [0.4, 0.5) is 5.82 Å². The second-order valence-corrected chi connectivity index (χ2v) is 6.40. The summed E-state index contributed by atoms with van der Waals surface area (Å²) in [6.45, 7) is 5.80. The van der Waals surface area contributed by atoms with Gasteiger partial charge < -0.3 is 10.2 Å². The Hall–Kier alpha value is -1.13. The van der Waals surface area contributed by atoms with Crippen LogP contribution >= 0.6 is 15.9 Å². The van der Waals surface area contributed by atoms with Gasteiger partial charge in [-0.05, 0) is 45.0 Å². The summed E-state index contributed by atoms with van der Waals surface area (Å²) >= 11 is 3.60. The Bertz CT molecular complexity index is 593. The maximum atomic E-state index is 4.51. The summed E-state index contributed by atoms with van der Waals surface area (Å²) in [5.74, 6) is 0.982. The van der Waals surface area contributed by atoms with E-state index in [9.17, 15) is 0 Å². The van der Waals surface area contributed by atoms with Crippen LogP contribution in [0.15, 0.2) is 34.9 Å². The van der Waals surface area contributed by atoms with Gasteiger partial charge in [-0.1, -0.05) is 28.1 Å². The molecular weight excluding hydrogens is 314 g/mol. The van der Waals surface area contributed by atoms with E-state index in [-0.39, 0.29) is 0 Å². The number of nitrogens with zero attached hydrogens (tertiary/aromatic N) is 2. The number of benzene rings is 1. The average Bonchev–Trinajstić information content (AvgIpc) is 2.93. The van der Waals surface area contributed by atoms with Crippen molar-refractivity contribution in [2.45, 2.75) is 25.8 Å². The quantitative estimate of drug-likeness (QED) is 0.919. The van der Waals surface area contributed by atoms with Crippen molar-refractivity contribution < 1.29 is 0 Å². The fraction of sp³-hybridized carbons (Fsp3) is 0.438. The lowest BCUT2D eigenvalue weighted by molar-refractivity contribution is 0.327. The molecule has 1 saturated heterocycles. The molecule has 0 saturated carbocycles. The number of nitrogens with one attached hydrogen (secondary N) is 1. The van der Waals surface area contributed by atoms with Crippen LogP contribution in [0.5, 0.6) is 0 Å². The van der Waals surface area contributed by atoms with Gasteiger partial charge in [0.25, 0.3) is 0 Å². The molecule has 0 bridgehead atoms. The maximum Gasteiger partial charge on any atom is 0.134 e. The summed E-state index contributed by atoms with van der Waals surface area (Å²) in [6.07, 6.45) is 4.55. The van der Waals surface area contributed by atoms with Gasteiger partial charge in [0.15, 0.2) is 0 Å². The van der Waals surface area contributed by atoms with Crippen LogP contribution in [0.3, 0.4) is 0 Å². The Labute approximate surface area is 128 Å². The van der Waals surface area contributed by atoms with E-state index in [1.807, 2.05) is 6.20 Å². The van der Waals surface area contributed by atoms with Gasteiger partial charge in [-0.25, -0.2) is 4.98 Å². The topological polar surface area (TPSA) is 28.2 Å². The molecule has 1 N–H and O–H groups in total. The third kappa shape index (κ3) is 2.96. The van der Waals surface area contributed by atoms with Crippen LogP contribution in [0.2, 0.25) is 0 Å². The van der Waals surface area contributed by atoms with E-state index in [0.29, 0.717) is 6.04 Å². The van der Waals surface area contributed by atoms with Gasteiger partial charge in [0.05, 0.1) is 0 Å². The number of anilines is 1. The van der Waals surface area contributed by atoms with Crippen LogP contribution in [0, 0.1) is 0 Å². The van der Waals surface area contributed by atoms with E-state index in [0.717, 1.165) is 16.8 Å². The zero-order valence-electron chi connectivity index (χ0n) is 11.8. The second-order valence-electron chi connectivity index (χ2n) is 5.55. The summed E-state index contributed by atoms with van der Waals surface area (Å²) in [6, 6.07) is 8.71. The molecule has 4 heteroatoms. The first-order chi connectivity index (χ1) is 9.74. The molecule has 3 rings (SSSR count). The first kappa shape index (κ1) is 13.8. The summed E-state index contributed by atoms with van der Waals surface area (Å²) < 4.78 is 1.12. The Morgan fingerprint density at radius 2 is 2.05 bits per heavy atom. The van der Waals surface area contributed by atoms with Gasteiger partial charge in [0, 0.05) is 34.0 Å². The van der Waals surface area contributed by atoms with E-state index in [1.165, 1.54) is 36.7 Å². The van der Waals surface area contributed by atoms with Gasteiger partial charge in [0.1, 0.15) is 5.82 Å². The summed E-state index contributed by atoms with van der Waals surface area (Å²) in [5.41, 5.74) is 0. The highest BCUT2D eigenvalue weighted by Crippen LogP contribution is 2.28. The van der Waals surface area contributed by atoms with Crippen molar-refractivity contribution in [2.75, 3.05) is 25.0 Å². The van der Waals surface area contributed by atoms with Gasteiger partial charge in [0.2, 0.25) is 0 Å². The van der Waals surface area contributed by atoms with Gasteiger partial charge in [-0.3, -0.25) is 0 Å². The highest BCUT2D eigenvalue weighted by atomic mass is 79.9. The molecule has 1 aliphatic rings. The lowest BCUT2D eigenvalue weighted by Crippen LogP contribution is -2.33. The molecule has 2 aromatic rings. The Kier molecular flexibility index (Phi) is 4.22. The SMILES string of the molecule is CC(CN1CCCC1)Nc1nccc2c(Br)cccc12. The molecule has 0 spiro atoms. The fourth-order valence-electron chi connectivity index (χ4n) is 2.92. The molecule has 1 aromatic heterocycles. The number of hydrogen-bond acceptors (Lipinski definition) is 3. The lowest BCUT2D eigenvalue weighted by atomic mass is 10.1. The molecule has 1 unspecified atom stereocenters. The number of pyridine rings is 1. The molecule has 3 nitrogen and oxygen atoms in total. The van der Waals surface area contributed by atoms with Crippen molar-refractivity contribution in [1.29, 1.82) is 0 Å². The predicted molar refractivity (Wildman–Crippen MR) is 88.2 cm³/mol. The largest absolute Gasteiger partial charge is 0.366 e. The number of hydrogen-bond donors (Lipinski definition) is 1. The Morgan fingerprint density at radius 1 is 1.25 bits per heavy atom. The predicted octanol–water partition coefficient (Wildman–Crippen LogP) is 3.89. The number of aromatic nitrogens is 1. The minimum atomic E-state index is 0.408. The fourth-order valence-corrected chi connectivity index (χ4v) is 3.41. The van der Waals surface area contributed by atoms with Crippen LogP contribution in [-0.4, -0.2) is 35.6 Å². The molecule has 0 radical (unpaired) electrons. The average molecular weight is 334 g/mol. The van der Waals surface area contributed by atoms with Gasteiger partial charge >= 0.3 is 0 Å². The standard InChI is InChI=1S/C16H20BrN3/c1-12(11-20-9-2-3-10-20)19-16-14-5-4-6-15(17)13(14)7-8-18-16/h4-8,12H,2-3,9-11H2,1H3,(H,18,19). The van der Waals surface area contributed by atoms with Crippen LogP contribution in [-0.2, 0) is 0 Å². The van der Waals surface area contributed by atoms with Crippen molar-refractivity contribution in [1.82, 2.24) is 9.88 Å². The first-order valence-electron chi connectivity index (χ1n) is 7.26. The number of rotatable bonds is 4. The zero-order valence-corrected chi connectivity index (χ0v) is 13.4. The van der Waals surface area contributed by atoms with Crippen LogP contribution in [0.25, 0.3) is 10.8 Å². The first-order valence-corrected chi connectivity index (χ1v) is 8.05. The smallest absolute Gasteiger partial charge is 0.134 e. The molecule has 0 amide bonds. The summed E-state index contributed by atoms with van der Waals surface area (Å²) in [4.78, 5) is 7.04. The highest BCUT2D eigenvalue weighted by molar-refractivity contribution is 9.10. The van der Waals surface area contributed by atoms with E-state index in [1.54, 1.807) is 0 Å². The molecular formula is C16H20BrN3. The molecule has 1 fully saturated rings.